The highest BCUT2D eigenvalue weighted by Crippen LogP contribution is 1.53. The van der Waals surface area contributed by atoms with Gasteiger partial charge in [-0.1, -0.05) is 0 Å². The maximum atomic E-state index is 3.56. The van der Waals surface area contributed by atoms with Crippen molar-refractivity contribution in [1.82, 2.24) is 15.2 Å². The highest BCUT2D eigenvalue weighted by Gasteiger charge is 1.57. The van der Waals surface area contributed by atoms with Gasteiger partial charge in [-0.05, 0) is 0 Å². The van der Waals surface area contributed by atoms with Crippen molar-refractivity contribution in [1.29, 1.82) is 0 Å². The van der Waals surface area contributed by atoms with Gasteiger partial charge in [0.2, 0.25) is 0 Å². The summed E-state index contributed by atoms with van der Waals surface area (Å²) < 4.78 is 0. The van der Waals surface area contributed by atoms with E-state index in [2.05, 4.69) is 15.2 Å². The molecule has 0 unspecified atom stereocenters. The standard InChI is InChI=1S/C2H3N3.Si/c1-3-2-5-4-1;/h1-2H,(H,3,4,5);. The van der Waals surface area contributed by atoms with Crippen LogP contribution in [0.15, 0.2) is 12.7 Å². The molecule has 6 heavy (non-hydrogen) atoms. The van der Waals surface area contributed by atoms with Gasteiger partial charge in [-0.3, -0.25) is 5.10 Å². The molecule has 0 fully saturated rings. The predicted molar refractivity (Wildman–Crippen MR) is 22.1 cm³/mol. The molecule has 4 radical (unpaired) electrons. The van der Waals surface area contributed by atoms with Crippen LogP contribution < -0.4 is 0 Å². The maximum Gasteiger partial charge on any atom is 0.137 e. The Balaban J connectivity index is 0.000000250. The van der Waals surface area contributed by atoms with E-state index in [0.717, 1.165) is 0 Å². The van der Waals surface area contributed by atoms with Crippen molar-refractivity contribution in [3.63, 3.8) is 0 Å². The number of aromatic nitrogens is 3. The van der Waals surface area contributed by atoms with Crippen molar-refractivity contribution in [2.75, 3.05) is 0 Å². The quantitative estimate of drug-likeness (QED) is 0.440. The van der Waals surface area contributed by atoms with Gasteiger partial charge in [0, 0.05) is 11.0 Å². The van der Waals surface area contributed by atoms with Gasteiger partial charge in [0.05, 0.1) is 0 Å². The molecule has 1 aromatic heterocycles. The number of hydrogen-bond acceptors (Lipinski definition) is 2. The SMILES string of the molecule is [Si].c1nc[nH]n1. The van der Waals surface area contributed by atoms with Gasteiger partial charge in [-0.15, -0.1) is 0 Å². The van der Waals surface area contributed by atoms with Crippen LogP contribution in [-0.2, 0) is 0 Å². The van der Waals surface area contributed by atoms with E-state index in [0.29, 0.717) is 0 Å². The Morgan fingerprint density at radius 2 is 2.33 bits per heavy atom. The fraction of sp³-hybridized carbons (Fsp3) is 0. The largest absolute Gasteiger partial charge is 0.266 e. The molecule has 0 aromatic carbocycles. The zero-order chi connectivity index (χ0) is 3.54. The molecule has 0 atom stereocenters. The van der Waals surface area contributed by atoms with E-state index in [4.69, 9.17) is 0 Å². The highest BCUT2D eigenvalue weighted by atomic mass is 28.1. The fourth-order valence-corrected chi connectivity index (χ4v) is 0.167. The summed E-state index contributed by atoms with van der Waals surface area (Å²) >= 11 is 0. The third kappa shape index (κ3) is 0.982. The summed E-state index contributed by atoms with van der Waals surface area (Å²) in [5.41, 5.74) is 0. The van der Waals surface area contributed by atoms with Crippen LogP contribution in [-0.4, -0.2) is 26.1 Å². The first-order valence-corrected chi connectivity index (χ1v) is 1.29. The van der Waals surface area contributed by atoms with Crippen LogP contribution >= 0.6 is 0 Å². The Hall–Kier alpha value is -0.643. The summed E-state index contributed by atoms with van der Waals surface area (Å²) in [7, 11) is 0. The minimum atomic E-state index is 0. The molecule has 0 spiro atoms. The smallest absolute Gasteiger partial charge is 0.137 e. The van der Waals surface area contributed by atoms with Crippen LogP contribution in [0.3, 0.4) is 0 Å². The number of nitrogens with zero attached hydrogens (tertiary/aromatic N) is 2. The molecular formula is C2H3N3Si. The Kier molecular flexibility index (Phi) is 2.31. The minimum absolute atomic E-state index is 0. The summed E-state index contributed by atoms with van der Waals surface area (Å²) in [5.74, 6) is 0. The lowest BCUT2D eigenvalue weighted by atomic mass is 11.3. The Morgan fingerprint density at radius 1 is 1.50 bits per heavy atom. The second-order valence-corrected chi connectivity index (χ2v) is 0.652. The second-order valence-electron chi connectivity index (χ2n) is 0.652. The number of rotatable bonds is 0. The third-order valence-electron chi connectivity index (χ3n) is 0.331. The average Bonchev–Trinajstić information content (AvgIpc) is 1.76. The summed E-state index contributed by atoms with van der Waals surface area (Å²) in [5, 5.41) is 5.99. The highest BCUT2D eigenvalue weighted by molar-refractivity contribution is 5.75. The lowest BCUT2D eigenvalue weighted by Crippen LogP contribution is -1.53. The van der Waals surface area contributed by atoms with Gasteiger partial charge in [0.25, 0.3) is 0 Å². The first-order chi connectivity index (χ1) is 2.50. The summed E-state index contributed by atoms with van der Waals surface area (Å²) in [6.45, 7) is 0. The lowest BCUT2D eigenvalue weighted by molar-refractivity contribution is 1.09. The summed E-state index contributed by atoms with van der Waals surface area (Å²) in [4.78, 5) is 3.56. The molecule has 0 aliphatic rings. The number of H-pyrrole nitrogens is 1. The topological polar surface area (TPSA) is 41.6 Å². The maximum absolute atomic E-state index is 3.56. The van der Waals surface area contributed by atoms with E-state index >= 15 is 0 Å². The molecule has 1 rings (SSSR count). The molecule has 3 nitrogen and oxygen atoms in total. The molecule has 0 aliphatic carbocycles. The molecule has 1 heterocycles. The average molecular weight is 97.2 g/mol. The summed E-state index contributed by atoms with van der Waals surface area (Å²) in [6, 6.07) is 0. The van der Waals surface area contributed by atoms with Crippen LogP contribution in [0.1, 0.15) is 0 Å². The summed E-state index contributed by atoms with van der Waals surface area (Å²) in [6.07, 6.45) is 2.96. The monoisotopic (exact) mass is 97.0 g/mol. The van der Waals surface area contributed by atoms with Gasteiger partial charge < -0.3 is 0 Å². The molecule has 0 saturated heterocycles. The van der Waals surface area contributed by atoms with Crippen LogP contribution in [0.5, 0.6) is 0 Å². The number of aromatic amines is 1. The van der Waals surface area contributed by atoms with E-state index in [-0.39, 0.29) is 11.0 Å². The zero-order valence-corrected chi connectivity index (χ0v) is 4.05. The molecule has 0 aliphatic heterocycles. The van der Waals surface area contributed by atoms with E-state index in [1.807, 2.05) is 0 Å². The Labute approximate surface area is 39.8 Å². The predicted octanol–water partition coefficient (Wildman–Crippen LogP) is -0.576. The molecular weight excluding hydrogens is 94.1 g/mol. The molecule has 30 valence electrons. The molecule has 0 amide bonds. The van der Waals surface area contributed by atoms with Crippen molar-refractivity contribution in [2.24, 2.45) is 0 Å². The van der Waals surface area contributed by atoms with E-state index in [1.54, 1.807) is 0 Å². The minimum Gasteiger partial charge on any atom is -0.266 e. The van der Waals surface area contributed by atoms with Gasteiger partial charge in [-0.25, -0.2) is 4.98 Å². The number of hydrogen-bond donors (Lipinski definition) is 1. The van der Waals surface area contributed by atoms with Crippen molar-refractivity contribution >= 4 is 11.0 Å². The lowest BCUT2D eigenvalue weighted by Gasteiger charge is -1.46. The van der Waals surface area contributed by atoms with Crippen molar-refractivity contribution in [3.8, 4) is 0 Å². The van der Waals surface area contributed by atoms with Crippen LogP contribution in [0, 0.1) is 0 Å². The molecule has 0 saturated carbocycles. The molecule has 4 heteroatoms. The second kappa shape index (κ2) is 2.59. The van der Waals surface area contributed by atoms with Crippen molar-refractivity contribution < 1.29 is 0 Å². The molecule has 1 aromatic rings. The van der Waals surface area contributed by atoms with E-state index in [1.165, 1.54) is 12.7 Å². The van der Waals surface area contributed by atoms with Crippen LogP contribution in [0.25, 0.3) is 0 Å². The van der Waals surface area contributed by atoms with Gasteiger partial charge in [-0.2, -0.15) is 5.10 Å². The van der Waals surface area contributed by atoms with E-state index < -0.39 is 0 Å². The normalized spacial score (nSPS) is 6.67. The fourth-order valence-electron chi connectivity index (χ4n) is 0.167. The van der Waals surface area contributed by atoms with E-state index in [9.17, 15) is 0 Å². The Morgan fingerprint density at radius 3 is 2.50 bits per heavy atom. The number of nitrogens with one attached hydrogen (secondary N) is 1. The third-order valence-corrected chi connectivity index (χ3v) is 0.331. The van der Waals surface area contributed by atoms with Crippen LogP contribution in [0.4, 0.5) is 0 Å². The molecule has 0 bridgehead atoms. The molecule has 1 N–H and O–H groups in total. The zero-order valence-electron chi connectivity index (χ0n) is 3.05. The van der Waals surface area contributed by atoms with Gasteiger partial charge >= 0.3 is 0 Å². The first-order valence-electron chi connectivity index (χ1n) is 1.29. The first kappa shape index (κ1) is 5.36. The van der Waals surface area contributed by atoms with Crippen LogP contribution in [0.2, 0.25) is 0 Å². The van der Waals surface area contributed by atoms with Crippen molar-refractivity contribution in [2.45, 2.75) is 0 Å². The van der Waals surface area contributed by atoms with Gasteiger partial charge in [0.1, 0.15) is 12.7 Å². The van der Waals surface area contributed by atoms with Gasteiger partial charge in [0.15, 0.2) is 0 Å². The van der Waals surface area contributed by atoms with Crippen molar-refractivity contribution in [3.05, 3.63) is 12.7 Å². The Bertz CT molecular complexity index is 65.3.